The van der Waals surface area contributed by atoms with Crippen LogP contribution >= 0.6 is 11.3 Å². The van der Waals surface area contributed by atoms with Gasteiger partial charge in [-0.05, 0) is 116 Å². The van der Waals surface area contributed by atoms with Crippen LogP contribution in [-0.2, 0) is 10.8 Å². The topological polar surface area (TPSA) is 17.1 Å². The van der Waals surface area contributed by atoms with Gasteiger partial charge in [0.05, 0.1) is 0 Å². The monoisotopic (exact) mass is 598 g/mol. The van der Waals surface area contributed by atoms with Crippen LogP contribution < -0.4 is 5.43 Å². The zero-order chi connectivity index (χ0) is 30.7. The van der Waals surface area contributed by atoms with Gasteiger partial charge in [-0.15, -0.1) is 11.3 Å². The third kappa shape index (κ3) is 3.76. The molecule has 45 heavy (non-hydrogen) atoms. The summed E-state index contributed by atoms with van der Waals surface area (Å²) in [7, 11) is 0. The van der Waals surface area contributed by atoms with Crippen molar-refractivity contribution in [2.45, 2.75) is 51.4 Å². The minimum atomic E-state index is -0.0595. The summed E-state index contributed by atoms with van der Waals surface area (Å²) in [5.74, 6) is 0. The molecule has 3 aliphatic rings. The highest BCUT2D eigenvalue weighted by molar-refractivity contribution is 7.24. The average Bonchev–Trinajstić information content (AvgIpc) is 3.44. The minimum Gasteiger partial charge on any atom is -0.289 e. The van der Waals surface area contributed by atoms with Crippen LogP contribution in [0.5, 0.6) is 0 Å². The average molecular weight is 599 g/mol. The van der Waals surface area contributed by atoms with Crippen molar-refractivity contribution in [3.63, 3.8) is 0 Å². The van der Waals surface area contributed by atoms with E-state index in [4.69, 9.17) is 0 Å². The van der Waals surface area contributed by atoms with E-state index in [1.54, 1.807) is 11.3 Å². The first-order valence-corrected chi connectivity index (χ1v) is 16.8. The second-order valence-corrected chi connectivity index (χ2v) is 15.1. The van der Waals surface area contributed by atoms with E-state index >= 15 is 0 Å². The van der Waals surface area contributed by atoms with Crippen LogP contribution in [-0.4, -0.2) is 0 Å². The van der Waals surface area contributed by atoms with E-state index in [1.807, 2.05) is 0 Å². The van der Waals surface area contributed by atoms with Crippen molar-refractivity contribution in [3.8, 4) is 33.4 Å². The van der Waals surface area contributed by atoms with E-state index in [1.165, 1.54) is 50.1 Å². The normalized spacial score (nSPS) is 17.0. The van der Waals surface area contributed by atoms with Crippen LogP contribution in [0, 0.1) is 0 Å². The molecule has 218 valence electrons. The molecule has 9 rings (SSSR count). The fourth-order valence-corrected chi connectivity index (χ4v) is 9.31. The first kappa shape index (κ1) is 26.8. The number of benzene rings is 5. The molecule has 0 N–H and O–H groups in total. The Balaban J connectivity index is 1.14. The van der Waals surface area contributed by atoms with Crippen molar-refractivity contribution in [1.82, 2.24) is 0 Å². The van der Waals surface area contributed by atoms with Crippen molar-refractivity contribution < 1.29 is 0 Å². The summed E-state index contributed by atoms with van der Waals surface area (Å²) in [5, 5.41) is 1.59. The van der Waals surface area contributed by atoms with Crippen molar-refractivity contribution >= 4 is 37.1 Å². The number of allylic oxidation sites excluding steroid dienone is 4. The molecule has 1 aromatic heterocycles. The molecular formula is C43H34OS. The quantitative estimate of drug-likeness (QED) is 0.181. The SMILES string of the molecule is CC1(C)C2=C(CCC=C2)c2ccc(-c3ccc4sc5ccc(-c6ccc7c(c6)C(C)(C)c6ccccc6-7)cc5c(=O)c4c3)cc21. The Kier molecular flexibility index (Phi) is 5.52. The molecule has 0 amide bonds. The Morgan fingerprint density at radius 3 is 1.82 bits per heavy atom. The lowest BCUT2D eigenvalue weighted by Crippen LogP contribution is -2.16. The van der Waals surface area contributed by atoms with E-state index in [2.05, 4.69) is 137 Å². The van der Waals surface area contributed by atoms with Gasteiger partial charge in [-0.1, -0.05) is 101 Å². The van der Waals surface area contributed by atoms with Gasteiger partial charge < -0.3 is 0 Å². The molecule has 0 spiro atoms. The lowest BCUT2D eigenvalue weighted by atomic mass is 9.79. The molecule has 0 saturated heterocycles. The fourth-order valence-electron chi connectivity index (χ4n) is 8.28. The van der Waals surface area contributed by atoms with Crippen LogP contribution in [0.15, 0.2) is 120 Å². The largest absolute Gasteiger partial charge is 0.289 e. The lowest BCUT2D eigenvalue weighted by molar-refractivity contribution is 0.651. The highest BCUT2D eigenvalue weighted by Crippen LogP contribution is 2.51. The van der Waals surface area contributed by atoms with Crippen LogP contribution in [0.4, 0.5) is 0 Å². The van der Waals surface area contributed by atoms with E-state index in [9.17, 15) is 4.79 Å². The third-order valence-corrected chi connectivity index (χ3v) is 11.9. The molecule has 5 aromatic carbocycles. The molecule has 0 bridgehead atoms. The Morgan fingerprint density at radius 1 is 0.578 bits per heavy atom. The third-order valence-electron chi connectivity index (χ3n) is 10.8. The van der Waals surface area contributed by atoms with Crippen molar-refractivity contribution in [2.24, 2.45) is 0 Å². The highest BCUT2D eigenvalue weighted by atomic mass is 32.1. The summed E-state index contributed by atoms with van der Waals surface area (Å²) >= 11 is 1.70. The summed E-state index contributed by atoms with van der Waals surface area (Å²) < 4.78 is 2.06. The van der Waals surface area contributed by atoms with Gasteiger partial charge in [0.15, 0.2) is 5.43 Å². The van der Waals surface area contributed by atoms with Gasteiger partial charge in [0, 0.05) is 31.0 Å². The van der Waals surface area contributed by atoms with E-state index in [-0.39, 0.29) is 16.3 Å². The molecule has 1 nitrogen and oxygen atoms in total. The predicted molar refractivity (Wildman–Crippen MR) is 192 cm³/mol. The van der Waals surface area contributed by atoms with Crippen molar-refractivity contribution in [1.29, 1.82) is 0 Å². The van der Waals surface area contributed by atoms with Crippen LogP contribution in [0.25, 0.3) is 59.1 Å². The van der Waals surface area contributed by atoms with Gasteiger partial charge in [-0.3, -0.25) is 4.79 Å². The fraction of sp³-hybridized carbons (Fsp3) is 0.186. The number of hydrogen-bond acceptors (Lipinski definition) is 2. The molecule has 2 heteroatoms. The molecule has 6 aromatic rings. The van der Waals surface area contributed by atoms with Gasteiger partial charge in [-0.2, -0.15) is 0 Å². The summed E-state index contributed by atoms with van der Waals surface area (Å²) in [4.78, 5) is 14.1. The summed E-state index contributed by atoms with van der Waals surface area (Å²) in [6, 6.07) is 35.3. The van der Waals surface area contributed by atoms with Gasteiger partial charge >= 0.3 is 0 Å². The zero-order valence-corrected chi connectivity index (χ0v) is 26.9. The molecule has 1 heterocycles. The molecule has 0 saturated carbocycles. The number of fused-ring (bicyclic) bond motifs is 7. The first-order valence-electron chi connectivity index (χ1n) is 16.0. The lowest BCUT2D eigenvalue weighted by Gasteiger charge is -2.24. The first-order chi connectivity index (χ1) is 21.7. The molecule has 0 unspecified atom stereocenters. The molecule has 3 aliphatic carbocycles. The molecule has 0 fully saturated rings. The van der Waals surface area contributed by atoms with E-state index < -0.39 is 0 Å². The maximum atomic E-state index is 14.1. The van der Waals surface area contributed by atoms with Crippen molar-refractivity contribution in [3.05, 3.63) is 147 Å². The standard InChI is InChI=1S/C43H34OS/c1-42(2)35-11-7-5-9-29(35)31-17-13-27(23-37(31)42)25-15-19-39-33(21-25)41(44)34-22-26(16-20-40(34)45-39)28-14-18-32-30-10-6-8-12-36(30)43(3,4)38(32)24-28/h5,7-9,11-24H,6,10H2,1-4H3. The zero-order valence-electron chi connectivity index (χ0n) is 26.1. The number of hydrogen-bond donors (Lipinski definition) is 0. The predicted octanol–water partition coefficient (Wildman–Crippen LogP) is 11.4. The van der Waals surface area contributed by atoms with Gasteiger partial charge in [0.1, 0.15) is 0 Å². The molecule has 0 atom stereocenters. The maximum Gasteiger partial charge on any atom is 0.195 e. The summed E-state index contributed by atoms with van der Waals surface area (Å²) in [6.45, 7) is 9.31. The summed E-state index contributed by atoms with van der Waals surface area (Å²) in [6.07, 6.45) is 6.88. The highest BCUT2D eigenvalue weighted by Gasteiger charge is 2.37. The Labute approximate surface area is 268 Å². The maximum absolute atomic E-state index is 14.1. The van der Waals surface area contributed by atoms with Crippen LogP contribution in [0.3, 0.4) is 0 Å². The van der Waals surface area contributed by atoms with Gasteiger partial charge in [0.25, 0.3) is 0 Å². The smallest absolute Gasteiger partial charge is 0.195 e. The number of rotatable bonds is 2. The van der Waals surface area contributed by atoms with Gasteiger partial charge in [-0.25, -0.2) is 0 Å². The Bertz CT molecular complexity index is 2390. The van der Waals surface area contributed by atoms with E-state index in [0.717, 1.165) is 49.7 Å². The molecule has 0 radical (unpaired) electrons. The molecular weight excluding hydrogens is 565 g/mol. The second kappa shape index (κ2) is 9.25. The van der Waals surface area contributed by atoms with Crippen LogP contribution in [0.2, 0.25) is 0 Å². The Hall–Kier alpha value is -4.53. The second-order valence-electron chi connectivity index (χ2n) is 14.0. The van der Waals surface area contributed by atoms with E-state index in [0.29, 0.717) is 0 Å². The van der Waals surface area contributed by atoms with Gasteiger partial charge in [0.2, 0.25) is 0 Å². The molecule has 0 aliphatic heterocycles. The van der Waals surface area contributed by atoms with Crippen LogP contribution in [0.1, 0.15) is 62.8 Å². The Morgan fingerprint density at radius 2 is 1.13 bits per heavy atom. The van der Waals surface area contributed by atoms with Crippen molar-refractivity contribution in [2.75, 3.05) is 0 Å². The minimum absolute atomic E-state index is 0.0115. The summed E-state index contributed by atoms with van der Waals surface area (Å²) in [5.41, 5.74) is 15.7.